The molecular weight excluding hydrogens is 228 g/mol. The van der Waals surface area contributed by atoms with Gasteiger partial charge in [0, 0.05) is 25.4 Å². The van der Waals surface area contributed by atoms with Gasteiger partial charge in [-0.25, -0.2) is 0 Å². The minimum Gasteiger partial charge on any atom is -0.399 e. The van der Waals surface area contributed by atoms with E-state index in [0.717, 1.165) is 24.2 Å². The van der Waals surface area contributed by atoms with Crippen molar-refractivity contribution in [3.63, 3.8) is 0 Å². The Morgan fingerprint density at radius 1 is 1.28 bits per heavy atom. The number of hydrogen-bond donors (Lipinski definition) is 1. The van der Waals surface area contributed by atoms with Crippen LogP contribution in [0.1, 0.15) is 25.8 Å². The third-order valence-electron chi connectivity index (χ3n) is 2.63. The van der Waals surface area contributed by atoms with E-state index < -0.39 is 0 Å². The second-order valence-corrected chi connectivity index (χ2v) is 4.19. The summed E-state index contributed by atoms with van der Waals surface area (Å²) in [6.07, 6.45) is 0.937. The molecule has 0 aliphatic carbocycles. The number of rotatable bonds is 7. The van der Waals surface area contributed by atoms with Gasteiger partial charge in [0.05, 0.1) is 0 Å². The number of carbonyl (C=O) groups excluding carboxylic acids is 1. The van der Waals surface area contributed by atoms with Crippen LogP contribution in [0.5, 0.6) is 0 Å². The maximum Gasteiger partial charge on any atom is 0.248 e. The molecule has 1 amide bonds. The lowest BCUT2D eigenvalue weighted by molar-refractivity contribution is -0.136. The Bertz CT molecular complexity index is 363. The van der Waals surface area contributed by atoms with Crippen LogP contribution in [0.2, 0.25) is 0 Å². The van der Waals surface area contributed by atoms with Crippen molar-refractivity contribution >= 4 is 11.6 Å². The van der Waals surface area contributed by atoms with Gasteiger partial charge in [0.25, 0.3) is 0 Å². The molecule has 0 aromatic heterocycles. The molecule has 0 radical (unpaired) electrons. The van der Waals surface area contributed by atoms with E-state index in [1.54, 1.807) is 0 Å². The minimum atomic E-state index is 0.0375. The van der Waals surface area contributed by atoms with Gasteiger partial charge in [-0.05, 0) is 31.0 Å². The molecule has 0 spiro atoms. The second kappa shape index (κ2) is 7.71. The maximum absolute atomic E-state index is 11.9. The highest BCUT2D eigenvalue weighted by Crippen LogP contribution is 2.09. The number of amides is 1. The van der Waals surface area contributed by atoms with Gasteiger partial charge in [-0.15, -0.1) is 0 Å². The van der Waals surface area contributed by atoms with E-state index in [1.807, 2.05) is 36.1 Å². The largest absolute Gasteiger partial charge is 0.399 e. The molecule has 2 N–H and O–H groups in total. The molecule has 4 heteroatoms. The Balaban J connectivity index is 2.61. The zero-order chi connectivity index (χ0) is 13.4. The molecule has 0 aliphatic rings. The standard InChI is InChI=1S/C14H22N2O2/c1-3-9-16(14(17)11-18-4-2)10-12-5-7-13(15)8-6-12/h5-8H,3-4,9-11,15H2,1-2H3. The smallest absolute Gasteiger partial charge is 0.248 e. The summed E-state index contributed by atoms with van der Waals surface area (Å²) in [6, 6.07) is 7.61. The Morgan fingerprint density at radius 2 is 1.94 bits per heavy atom. The summed E-state index contributed by atoms with van der Waals surface area (Å²) in [7, 11) is 0. The average Bonchev–Trinajstić information content (AvgIpc) is 2.38. The number of carbonyl (C=O) groups is 1. The number of nitrogens with zero attached hydrogens (tertiary/aromatic N) is 1. The predicted molar refractivity (Wildman–Crippen MR) is 73.1 cm³/mol. The van der Waals surface area contributed by atoms with Gasteiger partial charge in [-0.3, -0.25) is 4.79 Å². The summed E-state index contributed by atoms with van der Waals surface area (Å²) >= 11 is 0. The van der Waals surface area contributed by atoms with Crippen LogP contribution in [-0.2, 0) is 16.1 Å². The van der Waals surface area contributed by atoms with E-state index in [1.165, 1.54) is 0 Å². The van der Waals surface area contributed by atoms with E-state index in [9.17, 15) is 4.79 Å². The second-order valence-electron chi connectivity index (χ2n) is 4.19. The Labute approximate surface area is 109 Å². The van der Waals surface area contributed by atoms with Gasteiger partial charge in [-0.1, -0.05) is 19.1 Å². The maximum atomic E-state index is 11.9. The van der Waals surface area contributed by atoms with Crippen molar-refractivity contribution in [1.29, 1.82) is 0 Å². The van der Waals surface area contributed by atoms with Gasteiger partial charge in [-0.2, -0.15) is 0 Å². The van der Waals surface area contributed by atoms with Gasteiger partial charge in [0.15, 0.2) is 0 Å². The van der Waals surface area contributed by atoms with Crippen LogP contribution in [0.25, 0.3) is 0 Å². The summed E-state index contributed by atoms with van der Waals surface area (Å²) in [5.41, 5.74) is 7.46. The lowest BCUT2D eigenvalue weighted by atomic mass is 10.2. The first-order valence-corrected chi connectivity index (χ1v) is 6.37. The van der Waals surface area contributed by atoms with Gasteiger partial charge >= 0.3 is 0 Å². The Kier molecular flexibility index (Phi) is 6.22. The van der Waals surface area contributed by atoms with E-state index in [4.69, 9.17) is 10.5 Å². The first-order valence-electron chi connectivity index (χ1n) is 6.37. The van der Waals surface area contributed by atoms with E-state index in [0.29, 0.717) is 13.2 Å². The predicted octanol–water partition coefficient (Wildman–Crippen LogP) is 2.04. The van der Waals surface area contributed by atoms with Crippen LogP contribution in [0.4, 0.5) is 5.69 Å². The number of benzene rings is 1. The molecular formula is C14H22N2O2. The van der Waals surface area contributed by atoms with E-state index >= 15 is 0 Å². The van der Waals surface area contributed by atoms with Crippen LogP contribution in [0, 0.1) is 0 Å². The summed E-state index contributed by atoms with van der Waals surface area (Å²) in [5.74, 6) is 0.0375. The summed E-state index contributed by atoms with van der Waals surface area (Å²) < 4.78 is 5.17. The monoisotopic (exact) mass is 250 g/mol. The van der Waals surface area contributed by atoms with Crippen molar-refractivity contribution < 1.29 is 9.53 Å². The molecule has 0 atom stereocenters. The molecule has 1 aromatic carbocycles. The van der Waals surface area contributed by atoms with E-state index in [2.05, 4.69) is 6.92 Å². The third kappa shape index (κ3) is 4.75. The Morgan fingerprint density at radius 3 is 2.50 bits per heavy atom. The fraction of sp³-hybridized carbons (Fsp3) is 0.500. The highest BCUT2D eigenvalue weighted by molar-refractivity contribution is 5.77. The van der Waals surface area contributed by atoms with Gasteiger partial charge in [0.2, 0.25) is 5.91 Å². The fourth-order valence-electron chi connectivity index (χ4n) is 1.69. The molecule has 0 aliphatic heterocycles. The van der Waals surface area contributed by atoms with Crippen molar-refractivity contribution in [2.75, 3.05) is 25.5 Å². The molecule has 1 rings (SSSR count). The van der Waals surface area contributed by atoms with Crippen molar-refractivity contribution in [3.05, 3.63) is 29.8 Å². The van der Waals surface area contributed by atoms with Crippen LogP contribution in [-0.4, -0.2) is 30.6 Å². The average molecular weight is 250 g/mol. The topological polar surface area (TPSA) is 55.6 Å². The van der Waals surface area contributed by atoms with Gasteiger partial charge in [0.1, 0.15) is 6.61 Å². The molecule has 100 valence electrons. The highest BCUT2D eigenvalue weighted by atomic mass is 16.5. The molecule has 4 nitrogen and oxygen atoms in total. The van der Waals surface area contributed by atoms with Crippen molar-refractivity contribution in [1.82, 2.24) is 4.90 Å². The number of hydrogen-bond acceptors (Lipinski definition) is 3. The van der Waals surface area contributed by atoms with Crippen LogP contribution in [0.3, 0.4) is 0 Å². The fourth-order valence-corrected chi connectivity index (χ4v) is 1.69. The molecule has 0 bridgehead atoms. The minimum absolute atomic E-state index is 0.0375. The summed E-state index contributed by atoms with van der Waals surface area (Å²) in [5, 5.41) is 0. The summed E-state index contributed by atoms with van der Waals surface area (Å²) in [4.78, 5) is 13.8. The van der Waals surface area contributed by atoms with Crippen molar-refractivity contribution in [3.8, 4) is 0 Å². The molecule has 0 saturated carbocycles. The Hall–Kier alpha value is -1.55. The lowest BCUT2D eigenvalue weighted by Gasteiger charge is -2.22. The molecule has 0 heterocycles. The highest BCUT2D eigenvalue weighted by Gasteiger charge is 2.12. The number of ether oxygens (including phenoxy) is 1. The first-order chi connectivity index (χ1) is 8.67. The number of nitrogen functional groups attached to an aromatic ring is 1. The lowest BCUT2D eigenvalue weighted by Crippen LogP contribution is -2.34. The van der Waals surface area contributed by atoms with Crippen LogP contribution >= 0.6 is 0 Å². The normalized spacial score (nSPS) is 10.3. The van der Waals surface area contributed by atoms with Crippen LogP contribution in [0.15, 0.2) is 24.3 Å². The van der Waals surface area contributed by atoms with Crippen molar-refractivity contribution in [2.24, 2.45) is 0 Å². The number of anilines is 1. The van der Waals surface area contributed by atoms with Crippen LogP contribution < -0.4 is 5.73 Å². The zero-order valence-corrected chi connectivity index (χ0v) is 11.2. The quantitative estimate of drug-likeness (QED) is 0.753. The molecule has 0 fully saturated rings. The number of nitrogens with two attached hydrogens (primary N) is 1. The molecule has 1 aromatic rings. The van der Waals surface area contributed by atoms with Crippen molar-refractivity contribution in [2.45, 2.75) is 26.8 Å². The van der Waals surface area contributed by atoms with E-state index in [-0.39, 0.29) is 12.5 Å². The molecule has 0 saturated heterocycles. The zero-order valence-electron chi connectivity index (χ0n) is 11.2. The first kappa shape index (κ1) is 14.5. The van der Waals surface area contributed by atoms with Gasteiger partial charge < -0.3 is 15.4 Å². The SMILES string of the molecule is CCCN(Cc1ccc(N)cc1)C(=O)COCC. The third-order valence-corrected chi connectivity index (χ3v) is 2.63. The summed E-state index contributed by atoms with van der Waals surface area (Å²) in [6.45, 7) is 6.02. The molecule has 18 heavy (non-hydrogen) atoms. The molecule has 0 unspecified atom stereocenters.